The van der Waals surface area contributed by atoms with Crippen molar-refractivity contribution < 1.29 is 27.9 Å². The third-order valence-electron chi connectivity index (χ3n) is 6.73. The Labute approximate surface area is 213 Å². The Kier molecular flexibility index (Phi) is 6.16. The molecule has 1 aromatic carbocycles. The zero-order chi connectivity index (χ0) is 26.7. The van der Waals surface area contributed by atoms with Gasteiger partial charge in [0.2, 0.25) is 10.0 Å². The lowest BCUT2D eigenvalue weighted by Gasteiger charge is -2.35. The average Bonchev–Trinajstić information content (AvgIpc) is 3.29. The Morgan fingerprint density at radius 3 is 2.51 bits per heavy atom. The summed E-state index contributed by atoms with van der Waals surface area (Å²) in [5.41, 5.74) is -1.10. The number of carbonyl (C=O) groups is 2. The van der Waals surface area contributed by atoms with E-state index in [-0.39, 0.29) is 32.8 Å². The van der Waals surface area contributed by atoms with Gasteiger partial charge in [-0.3, -0.25) is 9.59 Å². The molecule has 0 spiro atoms. The van der Waals surface area contributed by atoms with E-state index in [1.807, 2.05) is 0 Å². The Balaban J connectivity index is 1.66. The van der Waals surface area contributed by atoms with E-state index in [1.54, 1.807) is 20.8 Å². The summed E-state index contributed by atoms with van der Waals surface area (Å²) in [6.07, 6.45) is 3.90. The maximum atomic E-state index is 14.2. The third-order valence-corrected chi connectivity index (χ3v) is 8.66. The number of hydrogen-bond donors (Lipinski definition) is 4. The number of carboxylic acid groups (broad SMARTS) is 1. The van der Waals surface area contributed by atoms with Crippen LogP contribution in [0.4, 0.5) is 0 Å². The molecule has 3 heterocycles. The Morgan fingerprint density at radius 1 is 1.19 bits per heavy atom. The highest BCUT2D eigenvalue weighted by molar-refractivity contribution is 7.89. The Morgan fingerprint density at radius 2 is 1.92 bits per heavy atom. The predicted octanol–water partition coefficient (Wildman–Crippen LogP) is 2.32. The summed E-state index contributed by atoms with van der Waals surface area (Å²) in [4.78, 5) is 43.0. The van der Waals surface area contributed by atoms with E-state index in [0.717, 1.165) is 6.42 Å². The summed E-state index contributed by atoms with van der Waals surface area (Å²) < 4.78 is 35.3. The summed E-state index contributed by atoms with van der Waals surface area (Å²) in [5, 5.41) is 13.3. The van der Waals surface area contributed by atoms with Gasteiger partial charge in [-0.05, 0) is 71.2 Å². The molecule has 2 unspecified atom stereocenters. The number of aromatic carboxylic acids is 1. The highest BCUT2D eigenvalue weighted by Crippen LogP contribution is 2.38. The van der Waals surface area contributed by atoms with Crippen LogP contribution in [0.5, 0.6) is 0 Å². The van der Waals surface area contributed by atoms with Crippen molar-refractivity contribution in [3.05, 3.63) is 40.3 Å². The van der Waals surface area contributed by atoms with Crippen LogP contribution in [0, 0.1) is 0 Å². The lowest BCUT2D eigenvalue weighted by atomic mass is 10.1. The second kappa shape index (κ2) is 8.96. The minimum absolute atomic E-state index is 0.0419. The standard InChI is InChI=1S/C25H30N4O7S/c1-25(2,3)36-24(33)21(18-5-4-10-26-18)29(13-6-7-13)37(34,35)14-8-9-17-15(11-14)19-16(23(31)32)12-27-20(19)22(30)28-17/h8-9,11-13,18,21,26-27H,4-7,10H2,1-3H3,(H,28,30)(H,31,32). The lowest BCUT2D eigenvalue weighted by molar-refractivity contribution is -0.160. The van der Waals surface area contributed by atoms with E-state index in [4.69, 9.17) is 4.74 Å². The molecule has 1 saturated heterocycles. The topological polar surface area (TPSA) is 162 Å². The van der Waals surface area contributed by atoms with Crippen LogP contribution in [0.25, 0.3) is 21.8 Å². The number of ether oxygens (including phenoxy) is 1. The molecule has 1 aliphatic carbocycles. The minimum atomic E-state index is -4.22. The number of fused-ring (bicyclic) bond motifs is 3. The monoisotopic (exact) mass is 530 g/mol. The van der Waals surface area contributed by atoms with Gasteiger partial charge in [0.25, 0.3) is 5.56 Å². The fourth-order valence-corrected chi connectivity index (χ4v) is 6.93. The normalized spacial score (nSPS) is 19.5. The van der Waals surface area contributed by atoms with Crippen LogP contribution < -0.4 is 10.9 Å². The van der Waals surface area contributed by atoms with Gasteiger partial charge >= 0.3 is 11.9 Å². The molecule has 0 bridgehead atoms. The summed E-state index contributed by atoms with van der Waals surface area (Å²) in [6.45, 7) is 5.90. The van der Waals surface area contributed by atoms with Crippen LogP contribution in [-0.4, -0.2) is 70.0 Å². The predicted molar refractivity (Wildman–Crippen MR) is 136 cm³/mol. The van der Waals surface area contributed by atoms with Crippen LogP contribution in [0.1, 0.15) is 56.8 Å². The molecule has 0 radical (unpaired) electrons. The quantitative estimate of drug-likeness (QED) is 0.338. The van der Waals surface area contributed by atoms with Gasteiger partial charge in [0.15, 0.2) is 0 Å². The van der Waals surface area contributed by atoms with Gasteiger partial charge < -0.3 is 25.1 Å². The van der Waals surface area contributed by atoms with Gasteiger partial charge in [-0.1, -0.05) is 0 Å². The van der Waals surface area contributed by atoms with E-state index in [9.17, 15) is 27.9 Å². The third kappa shape index (κ3) is 4.64. The molecule has 11 nitrogen and oxygen atoms in total. The van der Waals surface area contributed by atoms with Crippen LogP contribution in [-0.2, 0) is 19.6 Å². The number of benzene rings is 1. The number of nitrogens with one attached hydrogen (secondary N) is 3. The number of H-pyrrole nitrogens is 2. The SMILES string of the molecule is CC(C)(C)OC(=O)C(C1CCCN1)N(C1CC1)S(=O)(=O)c1ccc2[nH]c(=O)c3[nH]cc(C(=O)O)c3c2c1. The van der Waals surface area contributed by atoms with Crippen molar-refractivity contribution in [2.45, 2.75) is 75.1 Å². The maximum Gasteiger partial charge on any atom is 0.337 e. The highest BCUT2D eigenvalue weighted by Gasteiger charge is 2.50. The fourth-order valence-electron chi connectivity index (χ4n) is 5.05. The first-order chi connectivity index (χ1) is 17.4. The fraction of sp³-hybridized carbons (Fsp3) is 0.480. The smallest absolute Gasteiger partial charge is 0.337 e. The van der Waals surface area contributed by atoms with Crippen molar-refractivity contribution in [2.24, 2.45) is 0 Å². The Hall–Kier alpha value is -3.22. The van der Waals surface area contributed by atoms with Crippen LogP contribution in [0.15, 0.2) is 34.1 Å². The largest absolute Gasteiger partial charge is 0.478 e. The zero-order valence-electron chi connectivity index (χ0n) is 20.8. The average molecular weight is 531 g/mol. The number of nitrogens with zero attached hydrogens (tertiary/aromatic N) is 1. The molecular formula is C25H30N4O7S. The summed E-state index contributed by atoms with van der Waals surface area (Å²) in [5.74, 6) is -1.85. The van der Waals surface area contributed by atoms with E-state index in [1.165, 1.54) is 28.7 Å². The van der Waals surface area contributed by atoms with Crippen molar-refractivity contribution in [1.29, 1.82) is 0 Å². The summed E-state index contributed by atoms with van der Waals surface area (Å²) >= 11 is 0. The molecule has 1 aliphatic heterocycles. The van der Waals surface area contributed by atoms with Gasteiger partial charge in [-0.2, -0.15) is 4.31 Å². The molecule has 5 rings (SSSR count). The van der Waals surface area contributed by atoms with Crippen LogP contribution >= 0.6 is 0 Å². The van der Waals surface area contributed by atoms with Gasteiger partial charge in [0.05, 0.1) is 10.5 Å². The number of rotatable bonds is 7. The van der Waals surface area contributed by atoms with Crippen molar-refractivity contribution in [3.8, 4) is 0 Å². The van der Waals surface area contributed by atoms with Crippen LogP contribution in [0.2, 0.25) is 0 Å². The Bertz CT molecular complexity index is 1560. The molecule has 3 aromatic rings. The van der Waals surface area contributed by atoms with Crippen LogP contribution in [0.3, 0.4) is 0 Å². The number of esters is 1. The number of sulfonamides is 1. The molecule has 12 heteroatoms. The molecule has 0 amide bonds. The lowest BCUT2D eigenvalue weighted by Crippen LogP contribution is -2.56. The first kappa shape index (κ1) is 25.4. The molecule has 2 fully saturated rings. The molecule has 198 valence electrons. The van der Waals surface area contributed by atoms with Gasteiger partial charge in [-0.25, -0.2) is 13.2 Å². The van der Waals surface area contributed by atoms with E-state index >= 15 is 0 Å². The number of pyridine rings is 1. The number of aromatic nitrogens is 2. The van der Waals surface area contributed by atoms with Gasteiger partial charge in [-0.15, -0.1) is 0 Å². The van der Waals surface area contributed by atoms with Gasteiger partial charge in [0, 0.05) is 34.6 Å². The molecule has 4 N–H and O–H groups in total. The minimum Gasteiger partial charge on any atom is -0.478 e. The van der Waals surface area contributed by atoms with Crippen molar-refractivity contribution in [3.63, 3.8) is 0 Å². The van der Waals surface area contributed by atoms with Gasteiger partial charge in [0.1, 0.15) is 17.2 Å². The first-order valence-electron chi connectivity index (χ1n) is 12.3. The zero-order valence-corrected chi connectivity index (χ0v) is 21.6. The van der Waals surface area contributed by atoms with Crippen molar-refractivity contribution >= 4 is 43.8 Å². The molecule has 37 heavy (non-hydrogen) atoms. The van der Waals surface area contributed by atoms with Crippen molar-refractivity contribution in [2.75, 3.05) is 6.54 Å². The molecular weight excluding hydrogens is 500 g/mol. The second-order valence-corrected chi connectivity index (χ2v) is 12.5. The number of carbonyl (C=O) groups excluding carboxylic acids is 1. The number of hydrogen-bond acceptors (Lipinski definition) is 7. The number of carboxylic acids is 1. The maximum absolute atomic E-state index is 14.2. The molecule has 2 aromatic heterocycles. The molecule has 2 aliphatic rings. The second-order valence-electron chi connectivity index (χ2n) is 10.7. The van der Waals surface area contributed by atoms with Crippen molar-refractivity contribution in [1.82, 2.24) is 19.6 Å². The van der Waals surface area contributed by atoms with E-state index in [0.29, 0.717) is 31.3 Å². The first-order valence-corrected chi connectivity index (χ1v) is 13.7. The van der Waals surface area contributed by atoms with E-state index < -0.39 is 45.2 Å². The number of aromatic amines is 2. The highest BCUT2D eigenvalue weighted by atomic mass is 32.2. The molecule has 1 saturated carbocycles. The summed E-state index contributed by atoms with van der Waals surface area (Å²) in [6, 6.07) is 2.40. The summed E-state index contributed by atoms with van der Waals surface area (Å²) in [7, 11) is -4.22. The van der Waals surface area contributed by atoms with E-state index in [2.05, 4.69) is 15.3 Å². The molecule has 2 atom stereocenters.